The second-order valence-electron chi connectivity index (χ2n) is 6.97. The van der Waals surface area contributed by atoms with E-state index in [4.69, 9.17) is 10.2 Å². The second-order valence-corrected chi connectivity index (χ2v) is 6.97. The van der Waals surface area contributed by atoms with Crippen LogP contribution >= 0.6 is 0 Å². The van der Waals surface area contributed by atoms with Crippen molar-refractivity contribution in [3.63, 3.8) is 0 Å². The maximum atomic E-state index is 11.2. The van der Waals surface area contributed by atoms with Crippen LogP contribution in [0.1, 0.15) is 42.5 Å². The van der Waals surface area contributed by atoms with E-state index in [0.717, 1.165) is 32.1 Å². The molecule has 0 radical (unpaired) electrons. The van der Waals surface area contributed by atoms with E-state index in [2.05, 4.69) is 22.2 Å². The molecule has 2 fully saturated rings. The molecule has 3 atom stereocenters. The Morgan fingerprint density at radius 2 is 2.32 bits per heavy atom. The van der Waals surface area contributed by atoms with Crippen molar-refractivity contribution >= 4 is 23.1 Å². The fraction of sp³-hybridized carbons (Fsp3) is 0.529. The molecule has 3 heterocycles. The smallest absolute Gasteiger partial charge is 0.545 e. The Hall–Kier alpha value is -1.12. The number of aromatic carboxylic acids is 1. The van der Waals surface area contributed by atoms with E-state index < -0.39 is 5.97 Å². The van der Waals surface area contributed by atoms with Gasteiger partial charge >= 0.3 is 29.6 Å². The zero-order valence-corrected chi connectivity index (χ0v) is 16.6. The van der Waals surface area contributed by atoms with Crippen molar-refractivity contribution in [3.05, 3.63) is 23.8 Å². The number of carbonyl (C=O) groups excluding carboxylic acids is 1. The Morgan fingerprint density at radius 1 is 1.52 bits per heavy atom. The van der Waals surface area contributed by atoms with Crippen LogP contribution in [0.5, 0.6) is 0 Å². The van der Waals surface area contributed by atoms with Crippen LogP contribution in [-0.2, 0) is 0 Å². The van der Waals surface area contributed by atoms with Crippen LogP contribution in [0, 0.1) is 0 Å². The Kier molecular flexibility index (Phi) is 5.14. The number of carboxylic acid groups (broad SMARTS) is 1. The minimum atomic E-state index is -1.26. The molecular formula is C17H21N4NaO3. The number of fused-ring (bicyclic) bond motifs is 3. The molecule has 0 aliphatic carbocycles. The minimum absolute atomic E-state index is 0. The number of carboxylic acids is 1. The number of anilines is 1. The number of hydrogen-bond donors (Lipinski definition) is 2. The molecule has 0 saturated carbocycles. The Balaban J connectivity index is 0.00000182. The van der Waals surface area contributed by atoms with Crippen molar-refractivity contribution in [2.24, 2.45) is 5.73 Å². The third kappa shape index (κ3) is 3.19. The van der Waals surface area contributed by atoms with E-state index >= 15 is 0 Å². The van der Waals surface area contributed by atoms with Crippen molar-refractivity contribution in [1.82, 2.24) is 9.88 Å². The third-order valence-corrected chi connectivity index (χ3v) is 5.50. The SMILES string of the molecule is CN1C2CCCC1(Nc1nc3c(C(=O)[O-])cccc3o1)CC(N)C2.[Na+]. The predicted octanol–water partition coefficient (Wildman–Crippen LogP) is -2.09. The molecule has 0 spiro atoms. The fourth-order valence-electron chi connectivity index (χ4n) is 4.31. The molecule has 2 aromatic rings. The summed E-state index contributed by atoms with van der Waals surface area (Å²) >= 11 is 0. The molecule has 25 heavy (non-hydrogen) atoms. The fourth-order valence-corrected chi connectivity index (χ4v) is 4.31. The number of piperidine rings is 2. The summed E-state index contributed by atoms with van der Waals surface area (Å²) in [5, 5.41) is 14.7. The molecule has 2 aliphatic rings. The molecule has 3 N–H and O–H groups in total. The summed E-state index contributed by atoms with van der Waals surface area (Å²) in [4.78, 5) is 17.9. The van der Waals surface area contributed by atoms with Crippen LogP contribution in [0.2, 0.25) is 0 Å². The maximum Gasteiger partial charge on any atom is 1.00 e. The quantitative estimate of drug-likeness (QED) is 0.610. The molecule has 1 aromatic carbocycles. The van der Waals surface area contributed by atoms with Crippen molar-refractivity contribution in [3.8, 4) is 0 Å². The summed E-state index contributed by atoms with van der Waals surface area (Å²) in [6, 6.07) is 5.74. The number of rotatable bonds is 3. The van der Waals surface area contributed by atoms with Gasteiger partial charge in [-0.3, -0.25) is 4.90 Å². The van der Waals surface area contributed by atoms with Gasteiger partial charge in [0.15, 0.2) is 5.58 Å². The van der Waals surface area contributed by atoms with Crippen LogP contribution in [0.15, 0.2) is 22.6 Å². The van der Waals surface area contributed by atoms with Crippen LogP contribution in [0.3, 0.4) is 0 Å². The van der Waals surface area contributed by atoms with Crippen LogP contribution in [0.4, 0.5) is 6.01 Å². The first-order valence-electron chi connectivity index (χ1n) is 8.36. The number of benzene rings is 1. The van der Waals surface area contributed by atoms with E-state index in [1.807, 2.05) is 0 Å². The van der Waals surface area contributed by atoms with Gasteiger partial charge in [0.25, 0.3) is 6.01 Å². The van der Waals surface area contributed by atoms with Gasteiger partial charge in [0.2, 0.25) is 0 Å². The molecule has 2 aliphatic heterocycles. The van der Waals surface area contributed by atoms with Gasteiger partial charge < -0.3 is 25.4 Å². The molecule has 1 aromatic heterocycles. The van der Waals surface area contributed by atoms with Gasteiger partial charge in [0, 0.05) is 17.6 Å². The van der Waals surface area contributed by atoms with Gasteiger partial charge in [-0.15, -0.1) is 0 Å². The van der Waals surface area contributed by atoms with Crippen LogP contribution < -0.4 is 45.7 Å². The monoisotopic (exact) mass is 352 g/mol. The molecule has 0 amide bonds. The first-order valence-corrected chi connectivity index (χ1v) is 8.36. The van der Waals surface area contributed by atoms with Crippen molar-refractivity contribution in [2.75, 3.05) is 12.4 Å². The summed E-state index contributed by atoms with van der Waals surface area (Å²) in [7, 11) is 2.11. The first-order chi connectivity index (χ1) is 11.5. The summed E-state index contributed by atoms with van der Waals surface area (Å²) in [5.74, 6) is -1.26. The van der Waals surface area contributed by atoms with Gasteiger partial charge in [0.1, 0.15) is 5.52 Å². The van der Waals surface area contributed by atoms with Crippen LogP contribution in [-0.4, -0.2) is 40.6 Å². The molecule has 2 bridgehead atoms. The molecule has 8 heteroatoms. The zero-order chi connectivity index (χ0) is 16.9. The third-order valence-electron chi connectivity index (χ3n) is 5.50. The van der Waals surface area contributed by atoms with E-state index in [-0.39, 0.29) is 46.8 Å². The molecule has 128 valence electrons. The predicted molar refractivity (Wildman–Crippen MR) is 87.3 cm³/mol. The average Bonchev–Trinajstić information content (AvgIpc) is 2.91. The van der Waals surface area contributed by atoms with Gasteiger partial charge in [-0.25, -0.2) is 0 Å². The van der Waals surface area contributed by atoms with E-state index in [9.17, 15) is 9.90 Å². The normalized spacial score (nSPS) is 29.2. The largest absolute Gasteiger partial charge is 1.00 e. The number of para-hydroxylation sites is 1. The van der Waals surface area contributed by atoms with Crippen molar-refractivity contribution in [2.45, 2.75) is 49.9 Å². The average molecular weight is 352 g/mol. The second kappa shape index (κ2) is 6.89. The van der Waals surface area contributed by atoms with E-state index in [0.29, 0.717) is 23.2 Å². The Morgan fingerprint density at radius 3 is 3.08 bits per heavy atom. The number of oxazole rings is 1. The topological polar surface area (TPSA) is 107 Å². The number of nitrogens with one attached hydrogen (secondary N) is 1. The number of hydrogen-bond acceptors (Lipinski definition) is 7. The van der Waals surface area contributed by atoms with Crippen molar-refractivity contribution < 1.29 is 43.9 Å². The molecule has 7 nitrogen and oxygen atoms in total. The van der Waals surface area contributed by atoms with Gasteiger partial charge in [-0.1, -0.05) is 12.1 Å². The zero-order valence-electron chi connectivity index (χ0n) is 14.6. The Bertz CT molecular complexity index is 795. The van der Waals surface area contributed by atoms with Gasteiger partial charge in [0.05, 0.1) is 11.6 Å². The van der Waals surface area contributed by atoms with Gasteiger partial charge in [-0.05, 0) is 45.2 Å². The molecule has 2 saturated heterocycles. The number of carbonyl (C=O) groups is 1. The van der Waals surface area contributed by atoms with Crippen LogP contribution in [0.25, 0.3) is 11.1 Å². The number of nitrogens with zero attached hydrogens (tertiary/aromatic N) is 2. The summed E-state index contributed by atoms with van der Waals surface area (Å²) in [6.07, 6.45) is 5.05. The van der Waals surface area contributed by atoms with E-state index in [1.54, 1.807) is 12.1 Å². The van der Waals surface area contributed by atoms with Crippen molar-refractivity contribution in [1.29, 1.82) is 0 Å². The first kappa shape index (κ1) is 18.7. The number of nitrogens with two attached hydrogens (primary N) is 1. The minimum Gasteiger partial charge on any atom is -0.545 e. The molecule has 4 rings (SSSR count). The van der Waals surface area contributed by atoms with Gasteiger partial charge in [-0.2, -0.15) is 4.98 Å². The summed E-state index contributed by atoms with van der Waals surface area (Å²) in [6.45, 7) is 0. The maximum absolute atomic E-state index is 11.2. The Labute approximate surface area is 168 Å². The van der Waals surface area contributed by atoms with E-state index in [1.165, 1.54) is 6.07 Å². The number of aromatic nitrogens is 1. The summed E-state index contributed by atoms with van der Waals surface area (Å²) < 4.78 is 5.75. The molecular weight excluding hydrogens is 331 g/mol. The molecule has 3 unspecified atom stereocenters. The standard InChI is InChI=1S/C17H22N4O3.Na/c1-21-11-4-3-7-17(21,9-10(18)8-11)20-16-19-14-12(15(22)23)5-2-6-13(14)24-16;/h2,5-6,10-11H,3-4,7-9,18H2,1H3,(H,19,20)(H,22,23);/q;+1/p-1. The summed E-state index contributed by atoms with van der Waals surface area (Å²) in [5.41, 5.74) is 6.76.